The summed E-state index contributed by atoms with van der Waals surface area (Å²) in [5.41, 5.74) is 3.20. The molecule has 0 atom stereocenters. The molecule has 20 heavy (non-hydrogen) atoms. The third-order valence-corrected chi connectivity index (χ3v) is 2.96. The second kappa shape index (κ2) is 6.21. The number of rotatable bonds is 3. The van der Waals surface area contributed by atoms with Crippen molar-refractivity contribution in [2.75, 3.05) is 0 Å². The predicted molar refractivity (Wildman–Crippen MR) is 79.0 cm³/mol. The number of hydrogen-bond acceptors (Lipinski definition) is 4. The maximum absolute atomic E-state index is 11.8. The van der Waals surface area contributed by atoms with Crippen LogP contribution >= 0.6 is 15.9 Å². The zero-order valence-electron chi connectivity index (χ0n) is 10.2. The molecule has 0 bridgehead atoms. The van der Waals surface area contributed by atoms with Gasteiger partial charge in [0.05, 0.1) is 6.21 Å². The first-order valence-electron chi connectivity index (χ1n) is 5.67. The lowest BCUT2D eigenvalue weighted by molar-refractivity contribution is 0.0955. The third-order valence-electron chi connectivity index (χ3n) is 2.47. The van der Waals surface area contributed by atoms with Gasteiger partial charge in [-0.3, -0.25) is 4.79 Å². The number of hydrazone groups is 1. The molecule has 0 heterocycles. The Bertz CT molecular complexity index is 671. The van der Waals surface area contributed by atoms with Crippen molar-refractivity contribution in [3.63, 3.8) is 0 Å². The second-order valence-corrected chi connectivity index (χ2v) is 4.87. The van der Waals surface area contributed by atoms with Crippen molar-refractivity contribution in [3.05, 3.63) is 58.1 Å². The van der Waals surface area contributed by atoms with Crippen molar-refractivity contribution >= 4 is 28.1 Å². The van der Waals surface area contributed by atoms with Crippen molar-refractivity contribution in [2.45, 2.75) is 0 Å². The Hall–Kier alpha value is -2.34. The lowest BCUT2D eigenvalue weighted by Crippen LogP contribution is -2.17. The van der Waals surface area contributed by atoms with E-state index < -0.39 is 0 Å². The van der Waals surface area contributed by atoms with Gasteiger partial charge in [0.2, 0.25) is 0 Å². The Morgan fingerprint density at radius 3 is 2.70 bits per heavy atom. The van der Waals surface area contributed by atoms with Crippen LogP contribution in [0.4, 0.5) is 0 Å². The average Bonchev–Trinajstić information content (AvgIpc) is 2.41. The van der Waals surface area contributed by atoms with Crippen LogP contribution in [0.25, 0.3) is 0 Å². The molecular weight excluding hydrogens is 324 g/mol. The topological polar surface area (TPSA) is 81.9 Å². The van der Waals surface area contributed by atoms with Gasteiger partial charge in [0.1, 0.15) is 11.5 Å². The average molecular weight is 335 g/mol. The monoisotopic (exact) mass is 334 g/mol. The number of nitrogens with zero attached hydrogens (tertiary/aromatic N) is 1. The largest absolute Gasteiger partial charge is 0.508 e. The standard InChI is InChI=1S/C14H11BrN2O3/c15-11-3-1-2-9(6-11)14(20)17-16-8-10-4-5-12(18)7-13(10)19/h1-8,18-19H,(H,17,20). The minimum Gasteiger partial charge on any atom is -0.508 e. The third kappa shape index (κ3) is 3.58. The van der Waals surface area contributed by atoms with Crippen LogP contribution in [0.15, 0.2) is 52.0 Å². The van der Waals surface area contributed by atoms with E-state index in [1.54, 1.807) is 18.2 Å². The van der Waals surface area contributed by atoms with Gasteiger partial charge in [-0.1, -0.05) is 22.0 Å². The molecule has 0 saturated carbocycles. The number of aromatic hydroxyl groups is 2. The van der Waals surface area contributed by atoms with E-state index in [2.05, 4.69) is 26.5 Å². The first-order valence-corrected chi connectivity index (χ1v) is 6.46. The summed E-state index contributed by atoms with van der Waals surface area (Å²) in [6.07, 6.45) is 1.30. The quantitative estimate of drug-likeness (QED) is 0.596. The molecule has 6 heteroatoms. The fourth-order valence-corrected chi connectivity index (χ4v) is 1.90. The van der Waals surface area contributed by atoms with Crippen LogP contribution in [0.2, 0.25) is 0 Å². The van der Waals surface area contributed by atoms with Gasteiger partial charge in [0, 0.05) is 21.7 Å². The normalized spacial score (nSPS) is 10.7. The van der Waals surface area contributed by atoms with Crippen LogP contribution in [0.1, 0.15) is 15.9 Å². The van der Waals surface area contributed by atoms with E-state index in [1.807, 2.05) is 6.07 Å². The lowest BCUT2D eigenvalue weighted by atomic mass is 10.2. The number of hydrogen-bond donors (Lipinski definition) is 3. The molecule has 0 fully saturated rings. The van der Waals surface area contributed by atoms with Gasteiger partial charge in [0.15, 0.2) is 0 Å². The van der Waals surface area contributed by atoms with Gasteiger partial charge in [-0.15, -0.1) is 0 Å². The molecule has 5 nitrogen and oxygen atoms in total. The molecule has 0 aliphatic rings. The smallest absolute Gasteiger partial charge is 0.271 e. The maximum atomic E-state index is 11.8. The molecule has 2 rings (SSSR count). The highest BCUT2D eigenvalue weighted by molar-refractivity contribution is 9.10. The molecule has 1 amide bonds. The highest BCUT2D eigenvalue weighted by Crippen LogP contribution is 2.20. The molecule has 102 valence electrons. The summed E-state index contributed by atoms with van der Waals surface area (Å²) in [6, 6.07) is 11.0. The van der Waals surface area contributed by atoms with Gasteiger partial charge >= 0.3 is 0 Å². The van der Waals surface area contributed by atoms with Gasteiger partial charge in [-0.2, -0.15) is 5.10 Å². The minimum absolute atomic E-state index is 0.0437. The van der Waals surface area contributed by atoms with Gasteiger partial charge in [0.25, 0.3) is 5.91 Å². The summed E-state index contributed by atoms with van der Waals surface area (Å²) in [5.74, 6) is -0.524. The van der Waals surface area contributed by atoms with Crippen LogP contribution in [0.3, 0.4) is 0 Å². The number of halogens is 1. The van der Waals surface area contributed by atoms with Gasteiger partial charge < -0.3 is 10.2 Å². The van der Waals surface area contributed by atoms with Gasteiger partial charge in [-0.25, -0.2) is 5.43 Å². The van der Waals surface area contributed by atoms with Crippen molar-refractivity contribution in [3.8, 4) is 11.5 Å². The van der Waals surface area contributed by atoms with Crippen molar-refractivity contribution in [1.82, 2.24) is 5.43 Å². The summed E-state index contributed by atoms with van der Waals surface area (Å²) in [4.78, 5) is 11.8. The van der Waals surface area contributed by atoms with Crippen LogP contribution in [-0.4, -0.2) is 22.3 Å². The highest BCUT2D eigenvalue weighted by Gasteiger charge is 2.04. The number of phenols is 2. The first-order chi connectivity index (χ1) is 9.56. The zero-order chi connectivity index (χ0) is 14.5. The first kappa shape index (κ1) is 14.1. The summed E-state index contributed by atoms with van der Waals surface area (Å²) >= 11 is 3.28. The Morgan fingerprint density at radius 1 is 1.20 bits per heavy atom. The predicted octanol–water partition coefficient (Wildman–Crippen LogP) is 2.62. The minimum atomic E-state index is -0.360. The number of amides is 1. The molecule has 0 saturated heterocycles. The van der Waals surface area contributed by atoms with Crippen molar-refractivity contribution < 1.29 is 15.0 Å². The fraction of sp³-hybridized carbons (Fsp3) is 0. The zero-order valence-corrected chi connectivity index (χ0v) is 11.8. The van der Waals surface area contributed by atoms with Crippen molar-refractivity contribution in [2.24, 2.45) is 5.10 Å². The Kier molecular flexibility index (Phi) is 4.37. The second-order valence-electron chi connectivity index (χ2n) is 3.95. The van der Waals surface area contributed by atoms with Gasteiger partial charge in [-0.05, 0) is 30.3 Å². The summed E-state index contributed by atoms with van der Waals surface area (Å²) in [6.45, 7) is 0. The van der Waals surface area contributed by atoms with E-state index in [0.29, 0.717) is 11.1 Å². The molecule has 0 unspecified atom stereocenters. The summed E-state index contributed by atoms with van der Waals surface area (Å²) in [7, 11) is 0. The van der Waals surface area contributed by atoms with Crippen LogP contribution < -0.4 is 5.43 Å². The van der Waals surface area contributed by atoms with E-state index in [-0.39, 0.29) is 17.4 Å². The summed E-state index contributed by atoms with van der Waals surface area (Å²) in [5, 5.41) is 22.4. The molecule has 0 aromatic heterocycles. The molecule has 2 aromatic carbocycles. The van der Waals surface area contributed by atoms with Crippen molar-refractivity contribution in [1.29, 1.82) is 0 Å². The lowest BCUT2D eigenvalue weighted by Gasteiger charge is -2.01. The van der Waals surface area contributed by atoms with Crippen LogP contribution in [0, 0.1) is 0 Å². The molecule has 0 aliphatic heterocycles. The van der Waals surface area contributed by atoms with E-state index in [9.17, 15) is 9.90 Å². The Balaban J connectivity index is 2.04. The van der Waals surface area contributed by atoms with Crippen LogP contribution in [-0.2, 0) is 0 Å². The number of benzene rings is 2. The molecule has 3 N–H and O–H groups in total. The highest BCUT2D eigenvalue weighted by atomic mass is 79.9. The molecule has 0 radical (unpaired) electrons. The Morgan fingerprint density at radius 2 is 2.00 bits per heavy atom. The molecule has 0 spiro atoms. The SMILES string of the molecule is O=C(NN=Cc1ccc(O)cc1O)c1cccc(Br)c1. The number of nitrogens with one attached hydrogen (secondary N) is 1. The van der Waals surface area contributed by atoms with E-state index >= 15 is 0 Å². The number of carbonyl (C=O) groups is 1. The van der Waals surface area contributed by atoms with E-state index in [1.165, 1.54) is 24.4 Å². The fourth-order valence-electron chi connectivity index (χ4n) is 1.50. The summed E-state index contributed by atoms with van der Waals surface area (Å²) < 4.78 is 0.797. The number of carbonyl (C=O) groups excluding carboxylic acids is 1. The Labute approximate surface area is 123 Å². The molecule has 2 aromatic rings. The molecule has 0 aliphatic carbocycles. The maximum Gasteiger partial charge on any atom is 0.271 e. The van der Waals surface area contributed by atoms with E-state index in [4.69, 9.17) is 5.11 Å². The number of phenolic OH excluding ortho intramolecular Hbond substituents is 2. The molecular formula is C14H11BrN2O3. The van der Waals surface area contributed by atoms with Crippen LogP contribution in [0.5, 0.6) is 11.5 Å². The van der Waals surface area contributed by atoms with E-state index in [0.717, 1.165) is 4.47 Å².